The van der Waals surface area contributed by atoms with Gasteiger partial charge in [-0.05, 0) is 12.5 Å². The number of esters is 1. The Morgan fingerprint density at radius 2 is 2.00 bits per heavy atom. The minimum Gasteiger partial charge on any atom is -0.456 e. The van der Waals surface area contributed by atoms with Gasteiger partial charge < -0.3 is 15.4 Å². The number of carbonyl (C=O) groups is 2. The number of carbonyl (C=O) groups excluding carboxylic acids is 2. The van der Waals surface area contributed by atoms with Crippen LogP contribution in [0.1, 0.15) is 26.2 Å². The van der Waals surface area contributed by atoms with Crippen molar-refractivity contribution >= 4 is 17.8 Å². The lowest BCUT2D eigenvalue weighted by Crippen LogP contribution is -2.29. The predicted octanol–water partition coefficient (Wildman–Crippen LogP) is 0.738. The summed E-state index contributed by atoms with van der Waals surface area (Å²) < 4.78 is 4.84. The van der Waals surface area contributed by atoms with E-state index in [0.29, 0.717) is 19.0 Å². The molecule has 0 aromatic carbocycles. The maximum atomic E-state index is 11.4. The molecule has 110 valence electrons. The third-order valence-electron chi connectivity index (χ3n) is 2.39. The molecular formula is C13H20N4O3. The van der Waals surface area contributed by atoms with Crippen LogP contribution in [0.4, 0.5) is 5.95 Å². The van der Waals surface area contributed by atoms with Gasteiger partial charge in [0.2, 0.25) is 5.95 Å². The van der Waals surface area contributed by atoms with Gasteiger partial charge in [0, 0.05) is 25.5 Å². The number of ether oxygens (including phenoxy) is 1. The van der Waals surface area contributed by atoms with Crippen molar-refractivity contribution in [1.82, 2.24) is 15.3 Å². The lowest BCUT2D eigenvalue weighted by atomic mass is 10.3. The van der Waals surface area contributed by atoms with E-state index in [-0.39, 0.29) is 18.9 Å². The fraction of sp³-hybridized carbons (Fsp3) is 0.538. The average Bonchev–Trinajstić information content (AvgIpc) is 2.46. The van der Waals surface area contributed by atoms with E-state index in [9.17, 15) is 9.59 Å². The molecule has 7 nitrogen and oxygen atoms in total. The lowest BCUT2D eigenvalue weighted by Gasteiger charge is -2.06. The zero-order chi connectivity index (χ0) is 14.6. The first-order valence-electron chi connectivity index (χ1n) is 6.65. The quantitative estimate of drug-likeness (QED) is 0.512. The average molecular weight is 280 g/mol. The van der Waals surface area contributed by atoms with Crippen molar-refractivity contribution in [3.63, 3.8) is 0 Å². The topological polar surface area (TPSA) is 93.2 Å². The number of nitrogens with zero attached hydrogens (tertiary/aromatic N) is 2. The van der Waals surface area contributed by atoms with Gasteiger partial charge in [-0.2, -0.15) is 0 Å². The number of aromatic nitrogens is 2. The zero-order valence-electron chi connectivity index (χ0n) is 11.6. The van der Waals surface area contributed by atoms with Crippen molar-refractivity contribution < 1.29 is 14.3 Å². The molecule has 0 aliphatic carbocycles. The van der Waals surface area contributed by atoms with E-state index in [2.05, 4.69) is 20.6 Å². The Labute approximate surface area is 118 Å². The first kappa shape index (κ1) is 15.9. The molecule has 0 saturated heterocycles. The van der Waals surface area contributed by atoms with Crippen LogP contribution >= 0.6 is 0 Å². The van der Waals surface area contributed by atoms with Gasteiger partial charge in [-0.3, -0.25) is 9.59 Å². The maximum absolute atomic E-state index is 11.4. The van der Waals surface area contributed by atoms with Crippen molar-refractivity contribution in [1.29, 1.82) is 0 Å². The van der Waals surface area contributed by atoms with E-state index in [4.69, 9.17) is 4.74 Å². The van der Waals surface area contributed by atoms with Gasteiger partial charge in [-0.1, -0.05) is 13.3 Å². The van der Waals surface area contributed by atoms with Gasteiger partial charge in [-0.25, -0.2) is 9.97 Å². The molecule has 0 aliphatic rings. The van der Waals surface area contributed by atoms with Crippen LogP contribution in [0.15, 0.2) is 18.5 Å². The molecule has 1 aromatic rings. The Balaban J connectivity index is 2.07. The summed E-state index contributed by atoms with van der Waals surface area (Å²) in [6, 6.07) is 1.70. The van der Waals surface area contributed by atoms with Crippen LogP contribution in [0, 0.1) is 0 Å². The number of hydrogen-bond acceptors (Lipinski definition) is 6. The Bertz CT molecular complexity index is 411. The monoisotopic (exact) mass is 280 g/mol. The lowest BCUT2D eigenvalue weighted by molar-refractivity contribution is -0.148. The highest BCUT2D eigenvalue weighted by Crippen LogP contribution is 1.95. The van der Waals surface area contributed by atoms with Crippen LogP contribution in [0.5, 0.6) is 0 Å². The van der Waals surface area contributed by atoms with Crippen molar-refractivity contribution in [2.45, 2.75) is 26.2 Å². The number of rotatable bonds is 9. The smallest absolute Gasteiger partial charge is 0.308 e. The molecule has 0 saturated carbocycles. The van der Waals surface area contributed by atoms with Gasteiger partial charge >= 0.3 is 5.97 Å². The third-order valence-corrected chi connectivity index (χ3v) is 2.39. The highest BCUT2D eigenvalue weighted by molar-refractivity contribution is 5.80. The Hall–Kier alpha value is -2.18. The molecule has 1 rings (SSSR count). The van der Waals surface area contributed by atoms with Crippen LogP contribution in [0.2, 0.25) is 0 Å². The molecule has 0 atom stereocenters. The number of nitrogens with one attached hydrogen (secondary N) is 2. The molecule has 0 bridgehead atoms. The molecule has 0 fully saturated rings. The molecule has 0 radical (unpaired) electrons. The highest BCUT2D eigenvalue weighted by atomic mass is 16.5. The van der Waals surface area contributed by atoms with Gasteiger partial charge in [0.1, 0.15) is 0 Å². The summed E-state index contributed by atoms with van der Waals surface area (Å²) >= 11 is 0. The van der Waals surface area contributed by atoms with Gasteiger partial charge in [0.05, 0.1) is 6.42 Å². The fourth-order valence-corrected chi connectivity index (χ4v) is 1.34. The molecule has 0 aliphatic heterocycles. The molecule has 7 heteroatoms. The summed E-state index contributed by atoms with van der Waals surface area (Å²) in [4.78, 5) is 30.6. The van der Waals surface area contributed by atoms with Gasteiger partial charge in [-0.15, -0.1) is 0 Å². The molecule has 20 heavy (non-hydrogen) atoms. The Morgan fingerprint density at radius 3 is 2.70 bits per heavy atom. The van der Waals surface area contributed by atoms with E-state index in [1.54, 1.807) is 18.5 Å². The van der Waals surface area contributed by atoms with Gasteiger partial charge in [0.25, 0.3) is 5.91 Å². The summed E-state index contributed by atoms with van der Waals surface area (Å²) in [5.41, 5.74) is 0. The predicted molar refractivity (Wildman–Crippen MR) is 74.0 cm³/mol. The highest BCUT2D eigenvalue weighted by Gasteiger charge is 2.07. The third kappa shape index (κ3) is 7.30. The molecular weight excluding hydrogens is 260 g/mol. The molecule has 1 heterocycles. The molecule has 0 spiro atoms. The summed E-state index contributed by atoms with van der Waals surface area (Å²) in [7, 11) is 0. The van der Waals surface area contributed by atoms with E-state index in [0.717, 1.165) is 12.8 Å². The first-order valence-corrected chi connectivity index (χ1v) is 6.65. The largest absolute Gasteiger partial charge is 0.456 e. The number of anilines is 1. The van der Waals surface area contributed by atoms with E-state index in [1.165, 1.54) is 0 Å². The molecule has 1 aromatic heterocycles. The number of hydrogen-bond donors (Lipinski definition) is 2. The SMILES string of the molecule is CCCCNC(=O)COC(=O)CCNc1ncccn1. The molecule has 2 N–H and O–H groups in total. The summed E-state index contributed by atoms with van der Waals surface area (Å²) in [5.74, 6) is -0.247. The van der Waals surface area contributed by atoms with Crippen molar-refractivity contribution in [3.8, 4) is 0 Å². The minimum absolute atomic E-state index is 0.153. The second-order valence-corrected chi connectivity index (χ2v) is 4.11. The Morgan fingerprint density at radius 1 is 1.25 bits per heavy atom. The molecule has 0 unspecified atom stereocenters. The minimum atomic E-state index is -0.431. The number of unbranched alkanes of at least 4 members (excludes halogenated alkanes) is 1. The van der Waals surface area contributed by atoms with Crippen LogP contribution in [0.3, 0.4) is 0 Å². The van der Waals surface area contributed by atoms with E-state index < -0.39 is 5.97 Å². The zero-order valence-corrected chi connectivity index (χ0v) is 11.6. The summed E-state index contributed by atoms with van der Waals surface area (Å²) in [6.45, 7) is 2.78. The van der Waals surface area contributed by atoms with Crippen molar-refractivity contribution in [2.24, 2.45) is 0 Å². The molecule has 1 amide bonds. The van der Waals surface area contributed by atoms with Crippen LogP contribution in [0.25, 0.3) is 0 Å². The summed E-state index contributed by atoms with van der Waals surface area (Å²) in [6.07, 6.45) is 5.29. The van der Waals surface area contributed by atoms with Gasteiger partial charge in [0.15, 0.2) is 6.61 Å². The normalized spacial score (nSPS) is 9.85. The number of amides is 1. The second-order valence-electron chi connectivity index (χ2n) is 4.11. The van der Waals surface area contributed by atoms with Crippen LogP contribution in [-0.2, 0) is 14.3 Å². The Kier molecular flexibility index (Phi) is 7.71. The van der Waals surface area contributed by atoms with Crippen LogP contribution in [-0.4, -0.2) is 41.5 Å². The van der Waals surface area contributed by atoms with E-state index >= 15 is 0 Å². The first-order chi connectivity index (χ1) is 9.72. The van der Waals surface area contributed by atoms with Crippen molar-refractivity contribution in [3.05, 3.63) is 18.5 Å². The second kappa shape index (κ2) is 9.71. The summed E-state index contributed by atoms with van der Waals surface area (Å²) in [5, 5.41) is 5.55. The fourth-order valence-electron chi connectivity index (χ4n) is 1.34. The maximum Gasteiger partial charge on any atom is 0.308 e. The van der Waals surface area contributed by atoms with Crippen LogP contribution < -0.4 is 10.6 Å². The van der Waals surface area contributed by atoms with E-state index in [1.807, 2.05) is 6.92 Å². The standard InChI is InChI=1S/C13H20N4O3/c1-2-3-6-14-11(18)10-20-12(19)5-9-17-13-15-7-4-8-16-13/h4,7-8H,2-3,5-6,9-10H2,1H3,(H,14,18)(H,15,16,17). The van der Waals surface area contributed by atoms with Crippen molar-refractivity contribution in [2.75, 3.05) is 25.0 Å².